The van der Waals surface area contributed by atoms with Gasteiger partial charge >= 0.3 is 0 Å². The van der Waals surface area contributed by atoms with Crippen LogP contribution in [0, 0.1) is 5.92 Å². The quantitative estimate of drug-likeness (QED) is 0.490. The Balaban J connectivity index is 2.01. The fourth-order valence-corrected chi connectivity index (χ4v) is 0.552. The van der Waals surface area contributed by atoms with Crippen molar-refractivity contribution in [2.24, 2.45) is 0 Å². The number of nitrogens with one attached hydrogen (secondary N) is 1. The van der Waals surface area contributed by atoms with E-state index in [1.807, 2.05) is 0 Å². The van der Waals surface area contributed by atoms with Gasteiger partial charge in [0.2, 0.25) is 0 Å². The zero-order valence-electron chi connectivity index (χ0n) is 4.12. The summed E-state index contributed by atoms with van der Waals surface area (Å²) in [4.78, 5) is 0. The highest BCUT2D eigenvalue weighted by atomic mass is 14.9. The van der Waals surface area contributed by atoms with Gasteiger partial charge in [-0.2, -0.15) is 0 Å². The fourth-order valence-electron chi connectivity index (χ4n) is 0.552. The van der Waals surface area contributed by atoms with Crippen molar-refractivity contribution >= 4 is 0 Å². The maximum absolute atomic E-state index is 3.18. The third-order valence-corrected chi connectivity index (χ3v) is 1.25. The van der Waals surface area contributed by atoms with Crippen LogP contribution in [0.15, 0.2) is 0 Å². The molecule has 0 amide bonds. The van der Waals surface area contributed by atoms with E-state index in [2.05, 4.69) is 12.2 Å². The van der Waals surface area contributed by atoms with Crippen LogP contribution in [-0.2, 0) is 0 Å². The Kier molecular flexibility index (Phi) is 1.10. The van der Waals surface area contributed by atoms with E-state index in [1.165, 1.54) is 19.5 Å². The van der Waals surface area contributed by atoms with Crippen LogP contribution in [0.25, 0.3) is 0 Å². The first kappa shape index (κ1) is 4.13. The summed E-state index contributed by atoms with van der Waals surface area (Å²) in [6, 6.07) is 0. The lowest BCUT2D eigenvalue weighted by atomic mass is 10.0. The Hall–Kier alpha value is -0.0400. The predicted octanol–water partition coefficient (Wildman–Crippen LogP) is 0.574. The lowest BCUT2D eigenvalue weighted by molar-refractivity contribution is 0.539. The minimum Gasteiger partial charge on any atom is -0.315 e. The van der Waals surface area contributed by atoms with Crippen LogP contribution in [0.2, 0.25) is 0 Å². The summed E-state index contributed by atoms with van der Waals surface area (Å²) in [5, 5.41) is 3.18. The van der Waals surface area contributed by atoms with Crippen molar-refractivity contribution in [1.82, 2.24) is 5.32 Å². The lowest BCUT2D eigenvalue weighted by Crippen LogP contribution is -2.39. The Morgan fingerprint density at radius 1 is 1.67 bits per heavy atom. The minimum absolute atomic E-state index is 1.18. The first-order valence-electron chi connectivity index (χ1n) is 2.47. The maximum atomic E-state index is 3.18. The molecule has 1 saturated heterocycles. The molecule has 0 aromatic rings. The van der Waals surface area contributed by atoms with Crippen molar-refractivity contribution < 1.29 is 0 Å². The van der Waals surface area contributed by atoms with E-state index in [0.717, 1.165) is 0 Å². The summed E-state index contributed by atoms with van der Waals surface area (Å²) in [7, 11) is 0. The SMILES string of the molecule is CC[C]1CNC1. The van der Waals surface area contributed by atoms with Crippen molar-refractivity contribution in [3.05, 3.63) is 5.92 Å². The van der Waals surface area contributed by atoms with Crippen LogP contribution in [0.5, 0.6) is 0 Å². The largest absolute Gasteiger partial charge is 0.315 e. The molecule has 0 aromatic heterocycles. The van der Waals surface area contributed by atoms with Crippen LogP contribution in [0.4, 0.5) is 0 Å². The second-order valence-corrected chi connectivity index (χ2v) is 1.71. The molecule has 1 rings (SSSR count). The van der Waals surface area contributed by atoms with Crippen molar-refractivity contribution in [2.75, 3.05) is 13.1 Å². The van der Waals surface area contributed by atoms with Crippen molar-refractivity contribution in [2.45, 2.75) is 13.3 Å². The smallest absolute Gasteiger partial charge is 0.00304 e. The molecule has 1 aliphatic heterocycles. The predicted molar refractivity (Wildman–Crippen MR) is 26.4 cm³/mol. The van der Waals surface area contributed by atoms with Crippen LogP contribution in [0.1, 0.15) is 13.3 Å². The highest BCUT2D eigenvalue weighted by Gasteiger charge is 2.13. The highest BCUT2D eigenvalue weighted by molar-refractivity contribution is 5.01. The van der Waals surface area contributed by atoms with E-state index >= 15 is 0 Å². The van der Waals surface area contributed by atoms with Gasteiger partial charge in [-0.3, -0.25) is 0 Å². The zero-order valence-corrected chi connectivity index (χ0v) is 4.12. The van der Waals surface area contributed by atoms with Crippen LogP contribution >= 0.6 is 0 Å². The molecule has 1 nitrogen and oxygen atoms in total. The molecule has 1 radical (unpaired) electrons. The van der Waals surface area contributed by atoms with E-state index in [1.54, 1.807) is 5.92 Å². The Labute approximate surface area is 38.7 Å². The monoisotopic (exact) mass is 84.1 g/mol. The number of hydrogen-bond acceptors (Lipinski definition) is 1. The molecule has 0 aliphatic carbocycles. The molecule has 1 fully saturated rings. The molecule has 6 heavy (non-hydrogen) atoms. The first-order chi connectivity index (χ1) is 2.93. The number of hydrogen-bond donors (Lipinski definition) is 1. The van der Waals surface area contributed by atoms with Gasteiger partial charge in [-0.25, -0.2) is 0 Å². The molecule has 1 N–H and O–H groups in total. The van der Waals surface area contributed by atoms with Gasteiger partial charge in [0.05, 0.1) is 0 Å². The van der Waals surface area contributed by atoms with Crippen molar-refractivity contribution in [3.63, 3.8) is 0 Å². The van der Waals surface area contributed by atoms with Gasteiger partial charge in [0.15, 0.2) is 0 Å². The standard InChI is InChI=1S/C5H10N/c1-2-5-3-6-4-5/h6H,2-4H2,1H3. The average molecular weight is 84.1 g/mol. The summed E-state index contributed by atoms with van der Waals surface area (Å²) >= 11 is 0. The van der Waals surface area contributed by atoms with E-state index in [4.69, 9.17) is 0 Å². The summed E-state index contributed by atoms with van der Waals surface area (Å²) in [6.07, 6.45) is 1.27. The normalized spacial score (nSPS) is 23.5. The molecule has 1 aliphatic rings. The molecule has 35 valence electrons. The van der Waals surface area contributed by atoms with Gasteiger partial charge in [-0.1, -0.05) is 6.92 Å². The van der Waals surface area contributed by atoms with Crippen LogP contribution in [0.3, 0.4) is 0 Å². The Morgan fingerprint density at radius 2 is 2.33 bits per heavy atom. The van der Waals surface area contributed by atoms with Gasteiger partial charge in [0, 0.05) is 19.0 Å². The second kappa shape index (κ2) is 1.61. The minimum atomic E-state index is 1.18. The van der Waals surface area contributed by atoms with Gasteiger partial charge in [-0.15, -0.1) is 0 Å². The number of rotatable bonds is 1. The van der Waals surface area contributed by atoms with Crippen molar-refractivity contribution in [3.8, 4) is 0 Å². The van der Waals surface area contributed by atoms with Crippen LogP contribution < -0.4 is 5.32 Å². The third-order valence-electron chi connectivity index (χ3n) is 1.25. The van der Waals surface area contributed by atoms with Crippen molar-refractivity contribution in [1.29, 1.82) is 0 Å². The van der Waals surface area contributed by atoms with E-state index in [0.29, 0.717) is 0 Å². The maximum Gasteiger partial charge on any atom is 0.00304 e. The second-order valence-electron chi connectivity index (χ2n) is 1.71. The van der Waals surface area contributed by atoms with Gasteiger partial charge in [0.1, 0.15) is 0 Å². The molecule has 0 unspecified atom stereocenters. The molecule has 1 heteroatoms. The Bertz CT molecular complexity index is 36.4. The zero-order chi connectivity index (χ0) is 4.41. The molecule has 0 spiro atoms. The fraction of sp³-hybridized carbons (Fsp3) is 0.800. The van der Waals surface area contributed by atoms with Crippen LogP contribution in [-0.4, -0.2) is 13.1 Å². The summed E-state index contributed by atoms with van der Waals surface area (Å²) in [5.74, 6) is 1.66. The first-order valence-corrected chi connectivity index (χ1v) is 2.47. The Morgan fingerprint density at radius 3 is 2.33 bits per heavy atom. The van der Waals surface area contributed by atoms with E-state index in [-0.39, 0.29) is 0 Å². The molecular formula is C5H10N. The summed E-state index contributed by atoms with van der Waals surface area (Å²) < 4.78 is 0. The molecule has 0 bridgehead atoms. The van der Waals surface area contributed by atoms with Gasteiger partial charge in [-0.05, 0) is 6.42 Å². The summed E-state index contributed by atoms with van der Waals surface area (Å²) in [5.41, 5.74) is 0. The van der Waals surface area contributed by atoms with E-state index < -0.39 is 0 Å². The molecule has 0 aromatic carbocycles. The summed E-state index contributed by atoms with van der Waals surface area (Å²) in [6.45, 7) is 4.56. The van der Waals surface area contributed by atoms with E-state index in [9.17, 15) is 0 Å². The highest BCUT2D eigenvalue weighted by Crippen LogP contribution is 2.08. The lowest BCUT2D eigenvalue weighted by Gasteiger charge is -2.24. The van der Waals surface area contributed by atoms with Gasteiger partial charge < -0.3 is 5.32 Å². The molecule has 1 heterocycles. The molecule has 0 saturated carbocycles. The third kappa shape index (κ3) is 0.548. The molecule has 0 atom stereocenters. The topological polar surface area (TPSA) is 12.0 Å². The van der Waals surface area contributed by atoms with Gasteiger partial charge in [0.25, 0.3) is 0 Å². The molecular weight excluding hydrogens is 74.1 g/mol. The average Bonchev–Trinajstić information content (AvgIpc) is 1.31.